The highest BCUT2D eigenvalue weighted by Gasteiger charge is 2.11. The molecule has 0 N–H and O–H groups in total. The fourth-order valence-corrected chi connectivity index (χ4v) is 2.44. The first-order valence-electron chi connectivity index (χ1n) is 7.90. The normalized spacial score (nSPS) is 10.7. The Balaban J connectivity index is 1.65. The Morgan fingerprint density at radius 3 is 2.23 bits per heavy atom. The minimum atomic E-state index is -0.491. The number of methoxy groups -OCH3 is 1. The zero-order chi connectivity index (χ0) is 18.4. The van der Waals surface area contributed by atoms with E-state index in [9.17, 15) is 4.79 Å². The number of hydrogen-bond donors (Lipinski definition) is 0. The average Bonchev–Trinajstić information content (AvgIpc) is 2.68. The summed E-state index contributed by atoms with van der Waals surface area (Å²) in [6.45, 7) is 0. The van der Waals surface area contributed by atoms with Crippen molar-refractivity contribution in [3.63, 3.8) is 0 Å². The third-order valence-corrected chi connectivity index (χ3v) is 3.95. The van der Waals surface area contributed by atoms with E-state index in [1.807, 2.05) is 36.4 Å². The van der Waals surface area contributed by atoms with Crippen LogP contribution < -0.4 is 9.47 Å². The maximum atomic E-state index is 12.1. The standard InChI is InChI=1S/C21H16ClNO3/c1-25-17-12-8-16(9-13-17)23-14-15-6-10-18(11-7-15)26-21(24)19-4-2-3-5-20(19)22/h2-14H,1H3. The molecule has 5 heteroatoms. The van der Waals surface area contributed by atoms with Gasteiger partial charge in [0.1, 0.15) is 11.5 Å². The quantitative estimate of drug-likeness (QED) is 0.349. The van der Waals surface area contributed by atoms with E-state index in [1.54, 1.807) is 49.7 Å². The molecule has 4 nitrogen and oxygen atoms in total. The van der Waals surface area contributed by atoms with E-state index in [1.165, 1.54) is 0 Å². The molecule has 0 radical (unpaired) electrons. The largest absolute Gasteiger partial charge is 0.497 e. The van der Waals surface area contributed by atoms with Gasteiger partial charge < -0.3 is 9.47 Å². The van der Waals surface area contributed by atoms with Crippen molar-refractivity contribution in [2.45, 2.75) is 0 Å². The van der Waals surface area contributed by atoms with E-state index in [4.69, 9.17) is 21.1 Å². The van der Waals surface area contributed by atoms with Gasteiger partial charge in [0.25, 0.3) is 0 Å². The Labute approximate surface area is 156 Å². The summed E-state index contributed by atoms with van der Waals surface area (Å²) in [4.78, 5) is 16.5. The molecule has 0 aliphatic carbocycles. The van der Waals surface area contributed by atoms with Crippen LogP contribution in [0.3, 0.4) is 0 Å². The van der Waals surface area contributed by atoms with E-state index in [0.29, 0.717) is 16.3 Å². The van der Waals surface area contributed by atoms with Crippen molar-refractivity contribution in [1.82, 2.24) is 0 Å². The van der Waals surface area contributed by atoms with E-state index >= 15 is 0 Å². The highest BCUT2D eigenvalue weighted by atomic mass is 35.5. The molecule has 0 saturated heterocycles. The number of hydrogen-bond acceptors (Lipinski definition) is 4. The van der Waals surface area contributed by atoms with Gasteiger partial charge in [-0.1, -0.05) is 23.7 Å². The SMILES string of the molecule is COc1ccc(N=Cc2ccc(OC(=O)c3ccccc3Cl)cc2)cc1. The second kappa shape index (κ2) is 8.32. The van der Waals surface area contributed by atoms with Gasteiger partial charge in [-0.15, -0.1) is 0 Å². The lowest BCUT2D eigenvalue weighted by Gasteiger charge is -2.05. The van der Waals surface area contributed by atoms with Gasteiger partial charge in [0.05, 0.1) is 23.4 Å². The maximum Gasteiger partial charge on any atom is 0.345 e. The molecule has 3 aromatic rings. The number of halogens is 1. The fourth-order valence-electron chi connectivity index (χ4n) is 2.23. The number of esters is 1. The summed E-state index contributed by atoms with van der Waals surface area (Å²) in [5, 5.41) is 0.362. The fraction of sp³-hybridized carbons (Fsp3) is 0.0476. The van der Waals surface area contributed by atoms with E-state index in [-0.39, 0.29) is 0 Å². The molecule has 0 aliphatic heterocycles. The first-order chi connectivity index (χ1) is 12.7. The van der Waals surface area contributed by atoms with Crippen LogP contribution in [0.25, 0.3) is 0 Å². The highest BCUT2D eigenvalue weighted by molar-refractivity contribution is 6.33. The van der Waals surface area contributed by atoms with Gasteiger partial charge in [-0.25, -0.2) is 4.79 Å². The van der Waals surface area contributed by atoms with Crippen LogP contribution >= 0.6 is 11.6 Å². The zero-order valence-electron chi connectivity index (χ0n) is 14.1. The van der Waals surface area contributed by atoms with Crippen molar-refractivity contribution in [3.05, 3.63) is 88.9 Å². The predicted octanol–water partition coefficient (Wildman–Crippen LogP) is 5.32. The van der Waals surface area contributed by atoms with Crippen LogP contribution in [-0.4, -0.2) is 19.3 Å². The van der Waals surface area contributed by atoms with Gasteiger partial charge in [0.2, 0.25) is 0 Å². The number of nitrogens with zero attached hydrogens (tertiary/aromatic N) is 1. The molecule has 0 aliphatic rings. The van der Waals surface area contributed by atoms with E-state index in [2.05, 4.69) is 4.99 Å². The molecule has 3 rings (SSSR count). The lowest BCUT2D eigenvalue weighted by molar-refractivity contribution is 0.0735. The van der Waals surface area contributed by atoms with Gasteiger partial charge in [0.15, 0.2) is 0 Å². The van der Waals surface area contributed by atoms with Crippen LogP contribution in [0.4, 0.5) is 5.69 Å². The molecular weight excluding hydrogens is 350 g/mol. The maximum absolute atomic E-state index is 12.1. The Morgan fingerprint density at radius 1 is 0.923 bits per heavy atom. The Morgan fingerprint density at radius 2 is 1.58 bits per heavy atom. The summed E-state index contributed by atoms with van der Waals surface area (Å²) < 4.78 is 10.5. The number of rotatable bonds is 5. The molecule has 0 heterocycles. The van der Waals surface area contributed by atoms with Crippen LogP contribution in [0.1, 0.15) is 15.9 Å². The van der Waals surface area contributed by atoms with Crippen molar-refractivity contribution in [1.29, 1.82) is 0 Å². The van der Waals surface area contributed by atoms with E-state index in [0.717, 1.165) is 17.0 Å². The van der Waals surface area contributed by atoms with Gasteiger partial charge in [0, 0.05) is 6.21 Å². The molecule has 0 bridgehead atoms. The summed E-state index contributed by atoms with van der Waals surface area (Å²) >= 11 is 6.00. The number of aliphatic imine (C=N–C) groups is 1. The molecule has 3 aromatic carbocycles. The molecule has 0 aromatic heterocycles. The predicted molar refractivity (Wildman–Crippen MR) is 103 cm³/mol. The Bertz CT molecular complexity index is 919. The number of ether oxygens (including phenoxy) is 2. The van der Waals surface area contributed by atoms with Gasteiger partial charge >= 0.3 is 5.97 Å². The summed E-state index contributed by atoms with van der Waals surface area (Å²) in [7, 11) is 1.62. The summed E-state index contributed by atoms with van der Waals surface area (Å²) in [6.07, 6.45) is 1.74. The lowest BCUT2D eigenvalue weighted by Crippen LogP contribution is -2.08. The number of carbonyl (C=O) groups excluding carboxylic acids is 1. The second-order valence-corrected chi connectivity index (χ2v) is 5.80. The van der Waals surface area contributed by atoms with Gasteiger partial charge in [-0.2, -0.15) is 0 Å². The number of carbonyl (C=O) groups is 1. The Kier molecular flexibility index (Phi) is 5.66. The molecule has 26 heavy (non-hydrogen) atoms. The van der Waals surface area contributed by atoms with Crippen LogP contribution in [0, 0.1) is 0 Å². The van der Waals surface area contributed by atoms with Crippen LogP contribution in [-0.2, 0) is 0 Å². The van der Waals surface area contributed by atoms with Crippen molar-refractivity contribution in [2.75, 3.05) is 7.11 Å². The smallest absolute Gasteiger partial charge is 0.345 e. The molecule has 130 valence electrons. The van der Waals surface area contributed by atoms with Crippen LogP contribution in [0.2, 0.25) is 5.02 Å². The molecule has 0 fully saturated rings. The zero-order valence-corrected chi connectivity index (χ0v) is 14.8. The summed E-state index contributed by atoms with van der Waals surface area (Å²) in [5.74, 6) is 0.736. The van der Waals surface area contributed by atoms with Gasteiger partial charge in [-0.3, -0.25) is 4.99 Å². The lowest BCUT2D eigenvalue weighted by atomic mass is 10.2. The third-order valence-electron chi connectivity index (χ3n) is 3.62. The minimum Gasteiger partial charge on any atom is -0.497 e. The Hall–Kier alpha value is -3.11. The molecule has 0 amide bonds. The highest BCUT2D eigenvalue weighted by Crippen LogP contribution is 2.20. The number of benzene rings is 3. The summed E-state index contributed by atoms with van der Waals surface area (Å²) in [5.41, 5.74) is 2.04. The van der Waals surface area contributed by atoms with Crippen molar-refractivity contribution < 1.29 is 14.3 Å². The first kappa shape index (κ1) is 17.7. The van der Waals surface area contributed by atoms with Crippen molar-refractivity contribution >= 4 is 29.5 Å². The molecule has 0 saturated carbocycles. The average molecular weight is 366 g/mol. The molecule has 0 spiro atoms. The van der Waals surface area contributed by atoms with Crippen LogP contribution in [0.15, 0.2) is 77.8 Å². The minimum absolute atomic E-state index is 0.333. The van der Waals surface area contributed by atoms with Crippen LogP contribution in [0.5, 0.6) is 11.5 Å². The third kappa shape index (κ3) is 4.49. The molecule has 0 unspecified atom stereocenters. The topological polar surface area (TPSA) is 47.9 Å². The van der Waals surface area contributed by atoms with Gasteiger partial charge in [-0.05, 0) is 66.2 Å². The van der Waals surface area contributed by atoms with E-state index < -0.39 is 5.97 Å². The monoisotopic (exact) mass is 365 g/mol. The van der Waals surface area contributed by atoms with Crippen molar-refractivity contribution in [2.24, 2.45) is 4.99 Å². The molecular formula is C21H16ClNO3. The first-order valence-corrected chi connectivity index (χ1v) is 8.28. The molecule has 0 atom stereocenters. The van der Waals surface area contributed by atoms with Crippen molar-refractivity contribution in [3.8, 4) is 11.5 Å². The summed E-state index contributed by atoms with van der Waals surface area (Å²) in [6, 6.07) is 21.3. The second-order valence-electron chi connectivity index (χ2n) is 5.39.